The fourth-order valence-electron chi connectivity index (χ4n) is 2.16. The van der Waals surface area contributed by atoms with E-state index in [1.165, 1.54) is 12.1 Å². The number of hydrogen-bond donors (Lipinski definition) is 1. The Morgan fingerprint density at radius 1 is 0.800 bits per heavy atom. The first-order valence-electron chi connectivity index (χ1n) is 7.55. The maximum absolute atomic E-state index is 12.9. The molecule has 1 N–H and O–H groups in total. The van der Waals surface area contributed by atoms with Crippen LogP contribution in [0.15, 0.2) is 77.7 Å². The number of halogens is 1. The molecular weight excluding hydrogens is 341 g/mol. The smallest absolute Gasteiger partial charge is 0.261 e. The molecule has 0 aromatic heterocycles. The van der Waals surface area contributed by atoms with Gasteiger partial charge in [0.15, 0.2) is 0 Å². The topological polar surface area (TPSA) is 55.4 Å². The summed E-state index contributed by atoms with van der Waals surface area (Å²) in [4.78, 5) is -0.00566. The third-order valence-electron chi connectivity index (χ3n) is 3.49. The SMILES string of the molecule is Cc1ccc(Oc2ccc(NS(=O)(=O)c3ccc(F)cc3)cc2)cc1. The van der Waals surface area contributed by atoms with Gasteiger partial charge in [-0.25, -0.2) is 12.8 Å². The van der Waals surface area contributed by atoms with Crippen LogP contribution in [-0.4, -0.2) is 8.42 Å². The highest BCUT2D eigenvalue weighted by Gasteiger charge is 2.14. The lowest BCUT2D eigenvalue weighted by Crippen LogP contribution is -2.12. The van der Waals surface area contributed by atoms with Crippen LogP contribution in [0.25, 0.3) is 0 Å². The van der Waals surface area contributed by atoms with Crippen molar-refractivity contribution in [3.63, 3.8) is 0 Å². The Hall–Kier alpha value is -2.86. The molecule has 0 radical (unpaired) electrons. The lowest BCUT2D eigenvalue weighted by molar-refractivity contribution is 0.482. The highest BCUT2D eigenvalue weighted by atomic mass is 32.2. The molecule has 3 aromatic rings. The van der Waals surface area contributed by atoms with Crippen LogP contribution in [0.3, 0.4) is 0 Å². The number of nitrogens with one attached hydrogen (secondary N) is 1. The Balaban J connectivity index is 1.71. The number of rotatable bonds is 5. The number of benzene rings is 3. The molecule has 0 fully saturated rings. The van der Waals surface area contributed by atoms with Crippen LogP contribution >= 0.6 is 0 Å². The second-order valence-corrected chi connectivity index (χ2v) is 7.18. The van der Waals surface area contributed by atoms with Crippen LogP contribution in [0, 0.1) is 12.7 Å². The van der Waals surface area contributed by atoms with Crippen molar-refractivity contribution >= 4 is 15.7 Å². The first-order chi connectivity index (χ1) is 11.9. The van der Waals surface area contributed by atoms with Crippen LogP contribution in [-0.2, 0) is 10.0 Å². The zero-order chi connectivity index (χ0) is 17.9. The van der Waals surface area contributed by atoms with Gasteiger partial charge in [-0.1, -0.05) is 17.7 Å². The summed E-state index contributed by atoms with van der Waals surface area (Å²) < 4.78 is 45.6. The van der Waals surface area contributed by atoms with Gasteiger partial charge in [-0.2, -0.15) is 0 Å². The zero-order valence-electron chi connectivity index (χ0n) is 13.4. The summed E-state index contributed by atoms with van der Waals surface area (Å²) in [5, 5.41) is 0. The van der Waals surface area contributed by atoms with Gasteiger partial charge in [-0.3, -0.25) is 4.72 Å². The highest BCUT2D eigenvalue weighted by molar-refractivity contribution is 7.92. The molecule has 3 aromatic carbocycles. The summed E-state index contributed by atoms with van der Waals surface area (Å²) in [6, 6.07) is 18.8. The molecule has 4 nitrogen and oxygen atoms in total. The Kier molecular flexibility index (Phi) is 4.72. The molecule has 0 aliphatic heterocycles. The van der Waals surface area contributed by atoms with Crippen molar-refractivity contribution in [2.75, 3.05) is 4.72 Å². The van der Waals surface area contributed by atoms with E-state index in [9.17, 15) is 12.8 Å². The molecule has 0 spiro atoms. The Morgan fingerprint density at radius 3 is 1.88 bits per heavy atom. The molecule has 0 bridgehead atoms. The molecule has 0 aliphatic rings. The van der Waals surface area contributed by atoms with Crippen molar-refractivity contribution in [3.05, 3.63) is 84.2 Å². The molecule has 0 amide bonds. The van der Waals surface area contributed by atoms with Crippen LogP contribution in [0.1, 0.15) is 5.56 Å². The molecule has 25 heavy (non-hydrogen) atoms. The minimum atomic E-state index is -3.76. The van der Waals surface area contributed by atoms with Gasteiger partial charge < -0.3 is 4.74 Å². The quantitative estimate of drug-likeness (QED) is 0.718. The predicted octanol–water partition coefficient (Wildman–Crippen LogP) is 4.73. The van der Waals surface area contributed by atoms with E-state index in [1.807, 2.05) is 31.2 Å². The van der Waals surface area contributed by atoms with E-state index in [-0.39, 0.29) is 4.90 Å². The van der Waals surface area contributed by atoms with Gasteiger partial charge in [0.2, 0.25) is 0 Å². The number of sulfonamides is 1. The Morgan fingerprint density at radius 2 is 1.32 bits per heavy atom. The lowest BCUT2D eigenvalue weighted by Gasteiger charge is -2.10. The van der Waals surface area contributed by atoms with Gasteiger partial charge in [0.05, 0.1) is 4.90 Å². The largest absolute Gasteiger partial charge is 0.457 e. The summed E-state index contributed by atoms with van der Waals surface area (Å²) >= 11 is 0. The number of ether oxygens (including phenoxy) is 1. The minimum Gasteiger partial charge on any atom is -0.457 e. The molecular formula is C19H16FNO3S. The maximum atomic E-state index is 12.9. The average molecular weight is 357 g/mol. The van der Waals surface area contributed by atoms with Crippen molar-refractivity contribution in [3.8, 4) is 11.5 Å². The van der Waals surface area contributed by atoms with Gasteiger partial charge in [-0.15, -0.1) is 0 Å². The summed E-state index contributed by atoms with van der Waals surface area (Å²) in [6.07, 6.45) is 0. The molecule has 3 rings (SSSR count). The molecule has 0 atom stereocenters. The Bertz CT molecular complexity index is 951. The van der Waals surface area contributed by atoms with Gasteiger partial charge >= 0.3 is 0 Å². The fourth-order valence-corrected chi connectivity index (χ4v) is 3.22. The van der Waals surface area contributed by atoms with E-state index < -0.39 is 15.8 Å². The standard InChI is InChI=1S/C19H16FNO3S/c1-14-2-8-17(9-3-14)24-18-10-6-16(7-11-18)21-25(22,23)19-12-4-15(20)5-13-19/h2-13,21H,1H3. The van der Waals surface area contributed by atoms with Gasteiger partial charge in [-0.05, 0) is 67.6 Å². The van der Waals surface area contributed by atoms with Crippen molar-refractivity contribution in [2.45, 2.75) is 11.8 Å². The fraction of sp³-hybridized carbons (Fsp3) is 0.0526. The number of anilines is 1. The first-order valence-corrected chi connectivity index (χ1v) is 9.04. The van der Waals surface area contributed by atoms with Gasteiger partial charge in [0.25, 0.3) is 10.0 Å². The molecule has 0 saturated carbocycles. The lowest BCUT2D eigenvalue weighted by atomic mass is 10.2. The summed E-state index contributed by atoms with van der Waals surface area (Å²) in [6.45, 7) is 1.99. The van der Waals surface area contributed by atoms with E-state index in [1.54, 1.807) is 24.3 Å². The molecule has 0 saturated heterocycles. The van der Waals surface area contributed by atoms with Crippen molar-refractivity contribution < 1.29 is 17.5 Å². The maximum Gasteiger partial charge on any atom is 0.261 e. The zero-order valence-corrected chi connectivity index (χ0v) is 14.3. The normalized spacial score (nSPS) is 11.1. The van der Waals surface area contributed by atoms with Crippen molar-refractivity contribution in [1.82, 2.24) is 0 Å². The number of aryl methyl sites for hydroxylation is 1. The first kappa shape index (κ1) is 17.0. The third-order valence-corrected chi connectivity index (χ3v) is 4.88. The van der Waals surface area contributed by atoms with E-state index in [0.29, 0.717) is 17.2 Å². The molecule has 0 heterocycles. The summed E-state index contributed by atoms with van der Waals surface area (Å²) in [7, 11) is -3.76. The van der Waals surface area contributed by atoms with E-state index in [4.69, 9.17) is 4.74 Å². The predicted molar refractivity (Wildman–Crippen MR) is 94.9 cm³/mol. The third kappa shape index (κ3) is 4.36. The van der Waals surface area contributed by atoms with Crippen LogP contribution in [0.2, 0.25) is 0 Å². The van der Waals surface area contributed by atoms with Gasteiger partial charge in [0, 0.05) is 5.69 Å². The molecule has 0 aliphatic carbocycles. The van der Waals surface area contributed by atoms with Crippen LogP contribution in [0.5, 0.6) is 11.5 Å². The minimum absolute atomic E-state index is 0.00566. The highest BCUT2D eigenvalue weighted by Crippen LogP contribution is 2.24. The van der Waals surface area contributed by atoms with E-state index >= 15 is 0 Å². The van der Waals surface area contributed by atoms with E-state index in [0.717, 1.165) is 17.7 Å². The van der Waals surface area contributed by atoms with Crippen LogP contribution in [0.4, 0.5) is 10.1 Å². The van der Waals surface area contributed by atoms with E-state index in [2.05, 4.69) is 4.72 Å². The molecule has 6 heteroatoms. The van der Waals surface area contributed by atoms with Crippen LogP contribution < -0.4 is 9.46 Å². The van der Waals surface area contributed by atoms with Gasteiger partial charge in [0.1, 0.15) is 17.3 Å². The van der Waals surface area contributed by atoms with Crippen molar-refractivity contribution in [2.24, 2.45) is 0 Å². The monoisotopic (exact) mass is 357 g/mol. The summed E-state index contributed by atoms with van der Waals surface area (Å²) in [5.41, 5.74) is 1.53. The summed E-state index contributed by atoms with van der Waals surface area (Å²) in [5.74, 6) is 0.801. The second kappa shape index (κ2) is 6.94. The van der Waals surface area contributed by atoms with Crippen molar-refractivity contribution in [1.29, 1.82) is 0 Å². The Labute approximate surface area is 146 Å². The second-order valence-electron chi connectivity index (χ2n) is 5.50. The number of hydrogen-bond acceptors (Lipinski definition) is 3. The average Bonchev–Trinajstić information content (AvgIpc) is 2.59. The molecule has 0 unspecified atom stereocenters. The molecule has 128 valence electrons.